The van der Waals surface area contributed by atoms with Gasteiger partial charge in [-0.05, 0) is 0 Å². The quantitative estimate of drug-likeness (QED) is 0.326. The molecule has 0 heterocycles. The average Bonchev–Trinajstić information content (AvgIpc) is 1.39. The molecule has 0 radical (unpaired) electrons. The van der Waals surface area contributed by atoms with Crippen LogP contribution < -0.4 is 0 Å². The van der Waals surface area contributed by atoms with Crippen LogP contribution in [-0.2, 0) is 44.7 Å². The van der Waals surface area contributed by atoms with Crippen molar-refractivity contribution in [1.82, 2.24) is 0 Å². The zero-order valence-electron chi connectivity index (χ0n) is 3.06. The summed E-state index contributed by atoms with van der Waals surface area (Å²) in [7, 11) is 0. The largest absolute Gasteiger partial charge is 2.00 e. The fourth-order valence-electron chi connectivity index (χ4n) is 0. The minimum atomic E-state index is 0. The molecule has 0 rings (SSSR count). The average molecular weight is 217 g/mol. The van der Waals surface area contributed by atoms with Gasteiger partial charge in [0.2, 0.25) is 0 Å². The van der Waals surface area contributed by atoms with Crippen molar-refractivity contribution >= 4 is 25.3 Å². The molecule has 0 saturated carbocycles. The van der Waals surface area contributed by atoms with E-state index >= 15 is 0 Å². The predicted molar refractivity (Wildman–Crippen MR) is 26.0 cm³/mol. The van der Waals surface area contributed by atoms with Crippen molar-refractivity contribution in [1.29, 1.82) is 10.5 Å². The summed E-state index contributed by atoms with van der Waals surface area (Å²) in [6.07, 6.45) is 0. The number of nitriles is 2. The molecule has 0 amide bonds. The Bertz CT molecular complexity index is 68.7. The van der Waals surface area contributed by atoms with Gasteiger partial charge in [0.1, 0.15) is 0 Å². The molecule has 0 aromatic rings. The van der Waals surface area contributed by atoms with Gasteiger partial charge < -0.3 is 25.3 Å². The van der Waals surface area contributed by atoms with Crippen LogP contribution in [0.25, 0.3) is 0 Å². The van der Waals surface area contributed by atoms with Crippen LogP contribution in [0, 0.1) is 21.3 Å². The maximum absolute atomic E-state index is 7.13. The van der Waals surface area contributed by atoms with Gasteiger partial charge in [-0.2, -0.15) is 0 Å². The van der Waals surface area contributed by atoms with Gasteiger partial charge in [-0.15, -0.1) is 0 Å². The first kappa shape index (κ1) is 15.7. The van der Waals surface area contributed by atoms with Crippen molar-refractivity contribution < 1.29 is 19.5 Å². The smallest absolute Gasteiger partial charge is 0.696 e. The van der Waals surface area contributed by atoms with Crippen LogP contribution in [0.2, 0.25) is 0 Å². The van der Waals surface area contributed by atoms with Crippen LogP contribution >= 0.6 is 0 Å². The topological polar surface area (TPSA) is 47.6 Å². The Morgan fingerprint density at radius 1 is 1.00 bits per heavy atom. The summed E-state index contributed by atoms with van der Waals surface area (Å²) in [4.78, 5) is 0. The molecule has 0 spiro atoms. The monoisotopic (exact) mass is 218 g/mol. The number of thiocyanates is 2. The van der Waals surface area contributed by atoms with Crippen molar-refractivity contribution in [3.05, 3.63) is 0 Å². The number of hydrogen-bond acceptors (Lipinski definition) is 4. The van der Waals surface area contributed by atoms with E-state index in [1.54, 1.807) is 0 Å². The van der Waals surface area contributed by atoms with E-state index in [1.807, 2.05) is 0 Å². The molecular weight excluding hydrogens is 217 g/mol. The molecule has 5 heteroatoms. The van der Waals surface area contributed by atoms with E-state index in [0.29, 0.717) is 0 Å². The number of rotatable bonds is 0. The zero-order chi connectivity index (χ0) is 5.41. The first-order valence-corrected chi connectivity index (χ1v) is 1.67. The van der Waals surface area contributed by atoms with E-state index in [-0.39, 0.29) is 19.5 Å². The third-order valence-electron chi connectivity index (χ3n) is 0. The Labute approximate surface area is 66.1 Å². The summed E-state index contributed by atoms with van der Waals surface area (Å²) >= 11 is 7.40. The Kier molecular flexibility index (Phi) is 82.8. The van der Waals surface area contributed by atoms with Gasteiger partial charge in [-0.3, -0.25) is 0 Å². The third-order valence-corrected chi connectivity index (χ3v) is 0. The van der Waals surface area contributed by atoms with E-state index in [1.165, 1.54) is 10.8 Å². The van der Waals surface area contributed by atoms with Crippen molar-refractivity contribution in [3.63, 3.8) is 0 Å². The predicted octanol–water partition coefficient (Wildman–Crippen LogP) is 0.0263. The molecule has 0 N–H and O–H groups in total. The van der Waals surface area contributed by atoms with Gasteiger partial charge in [0.15, 0.2) is 0 Å². The standard InChI is InChI=1S/2CHNS.Ru/c2*2-1-3;/h2*3H;/q;;+2/p-2. The Balaban J connectivity index is -0.0000000400. The normalized spacial score (nSPS) is 2.00. The van der Waals surface area contributed by atoms with E-state index in [0.717, 1.165) is 0 Å². The van der Waals surface area contributed by atoms with Gasteiger partial charge >= 0.3 is 19.5 Å². The Hall–Kier alpha value is 0.0434. The minimum absolute atomic E-state index is 0. The summed E-state index contributed by atoms with van der Waals surface area (Å²) in [5.74, 6) is 0. The molecule has 0 aromatic carbocycles. The molecule has 0 fully saturated rings. The summed E-state index contributed by atoms with van der Waals surface area (Å²) in [5, 5.41) is 16.9. The van der Waals surface area contributed by atoms with Gasteiger partial charge in [-0.1, -0.05) is 10.8 Å². The molecular formula is C2N2RuS2. The summed E-state index contributed by atoms with van der Waals surface area (Å²) in [5.41, 5.74) is 0. The van der Waals surface area contributed by atoms with Crippen LogP contribution in [0.5, 0.6) is 0 Å². The second-order valence-electron chi connectivity index (χ2n) is 0.183. The summed E-state index contributed by atoms with van der Waals surface area (Å²) in [6.45, 7) is 0. The van der Waals surface area contributed by atoms with Gasteiger partial charge in [-0.25, -0.2) is 10.5 Å². The Morgan fingerprint density at radius 2 is 1.00 bits per heavy atom. The molecule has 0 aliphatic rings. The van der Waals surface area contributed by atoms with Gasteiger partial charge in [0.05, 0.1) is 0 Å². The summed E-state index contributed by atoms with van der Waals surface area (Å²) < 4.78 is 0. The maximum Gasteiger partial charge on any atom is 2.00 e. The zero-order valence-corrected chi connectivity index (χ0v) is 6.44. The van der Waals surface area contributed by atoms with Crippen LogP contribution in [-0.4, -0.2) is 0 Å². The molecule has 0 aliphatic carbocycles. The molecule has 0 aliphatic heterocycles. The van der Waals surface area contributed by atoms with Gasteiger partial charge in [0.25, 0.3) is 0 Å². The van der Waals surface area contributed by atoms with Crippen LogP contribution in [0.4, 0.5) is 0 Å². The fourth-order valence-corrected chi connectivity index (χ4v) is 0. The molecule has 0 unspecified atom stereocenters. The molecule has 38 valence electrons. The van der Waals surface area contributed by atoms with Gasteiger partial charge in [0, 0.05) is 0 Å². The fraction of sp³-hybridized carbons (Fsp3) is 0. The molecule has 2 nitrogen and oxygen atoms in total. The van der Waals surface area contributed by atoms with E-state index < -0.39 is 0 Å². The second-order valence-corrected chi connectivity index (χ2v) is 0.548. The maximum atomic E-state index is 7.13. The third kappa shape index (κ3) is 52500. The number of hydrogen-bond donors (Lipinski definition) is 0. The molecule has 0 atom stereocenters. The van der Waals surface area contributed by atoms with E-state index in [2.05, 4.69) is 25.3 Å². The molecule has 7 heavy (non-hydrogen) atoms. The minimum Gasteiger partial charge on any atom is -0.696 e. The number of nitrogens with zero attached hydrogens (tertiary/aromatic N) is 2. The first-order chi connectivity index (χ1) is 2.83. The van der Waals surface area contributed by atoms with Crippen molar-refractivity contribution in [2.45, 2.75) is 0 Å². The van der Waals surface area contributed by atoms with E-state index in [9.17, 15) is 0 Å². The molecule has 0 aromatic heterocycles. The van der Waals surface area contributed by atoms with E-state index in [4.69, 9.17) is 10.5 Å². The first-order valence-electron chi connectivity index (χ1n) is 0.855. The van der Waals surface area contributed by atoms with Crippen LogP contribution in [0.3, 0.4) is 0 Å². The summed E-state index contributed by atoms with van der Waals surface area (Å²) in [6, 6.07) is 0. The molecule has 0 bridgehead atoms. The van der Waals surface area contributed by atoms with Crippen molar-refractivity contribution in [2.75, 3.05) is 0 Å². The Morgan fingerprint density at radius 3 is 1.00 bits per heavy atom. The van der Waals surface area contributed by atoms with Crippen molar-refractivity contribution in [2.24, 2.45) is 0 Å². The SMILES string of the molecule is N#C[S-].N#C[S-].[Ru+2]. The second kappa shape index (κ2) is 36.8. The van der Waals surface area contributed by atoms with Crippen LogP contribution in [0.15, 0.2) is 0 Å². The molecule has 0 saturated heterocycles. The van der Waals surface area contributed by atoms with Crippen LogP contribution in [0.1, 0.15) is 0 Å². The van der Waals surface area contributed by atoms with Crippen molar-refractivity contribution in [3.8, 4) is 10.8 Å².